The summed E-state index contributed by atoms with van der Waals surface area (Å²) in [4.78, 5) is 0. The van der Waals surface area contributed by atoms with E-state index in [1.165, 1.54) is 0 Å². The lowest BCUT2D eigenvalue weighted by Gasteiger charge is -2.08. The van der Waals surface area contributed by atoms with Gasteiger partial charge < -0.3 is 0 Å². The lowest BCUT2D eigenvalue weighted by molar-refractivity contribution is 0.504. The summed E-state index contributed by atoms with van der Waals surface area (Å²) in [6, 6.07) is 0. The van der Waals surface area contributed by atoms with Crippen molar-refractivity contribution in [2.24, 2.45) is 11.8 Å². The molecule has 0 aromatic rings. The minimum absolute atomic E-state index is 0.736. The third-order valence-electron chi connectivity index (χ3n) is 1.55. The molecule has 0 saturated heterocycles. The van der Waals surface area contributed by atoms with Crippen LogP contribution in [0.5, 0.6) is 0 Å². The molecule has 0 saturated carbocycles. The van der Waals surface area contributed by atoms with Crippen LogP contribution in [0.4, 0.5) is 0 Å². The Hall–Kier alpha value is -0.260. The molecule has 0 heterocycles. The molecule has 0 amide bonds. The standard InChI is InChI=1S/C8H16.C2H6/c1-5-6-8(4)7(2)3;1-2/h5-8H,1-4H3;1-2H3/b6-5-;. The highest BCUT2D eigenvalue weighted by Crippen LogP contribution is 2.09. The van der Waals surface area contributed by atoms with Gasteiger partial charge in [-0.15, -0.1) is 0 Å². The zero-order valence-electron chi connectivity index (χ0n) is 8.31. The zero-order valence-corrected chi connectivity index (χ0v) is 8.31. The van der Waals surface area contributed by atoms with E-state index in [0.29, 0.717) is 0 Å². The Labute approximate surface area is 66.3 Å². The van der Waals surface area contributed by atoms with E-state index in [-0.39, 0.29) is 0 Å². The fraction of sp³-hybridized carbons (Fsp3) is 0.800. The van der Waals surface area contributed by atoms with Gasteiger partial charge in [0.1, 0.15) is 0 Å². The highest BCUT2D eigenvalue weighted by molar-refractivity contribution is 4.84. The molecule has 0 heteroatoms. The van der Waals surface area contributed by atoms with Crippen molar-refractivity contribution in [1.29, 1.82) is 0 Å². The normalized spacial score (nSPS) is 13.1. The van der Waals surface area contributed by atoms with Crippen LogP contribution in [0, 0.1) is 11.8 Å². The second-order valence-corrected chi connectivity index (χ2v) is 2.63. The molecule has 0 spiro atoms. The molecule has 10 heavy (non-hydrogen) atoms. The summed E-state index contributed by atoms with van der Waals surface area (Å²) in [7, 11) is 0. The lowest BCUT2D eigenvalue weighted by Crippen LogP contribution is -1.98. The number of hydrogen-bond donors (Lipinski definition) is 0. The molecular formula is C10H22. The van der Waals surface area contributed by atoms with Crippen LogP contribution in [0.25, 0.3) is 0 Å². The number of hydrogen-bond acceptors (Lipinski definition) is 0. The van der Waals surface area contributed by atoms with E-state index < -0.39 is 0 Å². The average Bonchev–Trinajstić information content (AvgIpc) is 1.93. The highest BCUT2D eigenvalue weighted by Gasteiger charge is 1.99. The Morgan fingerprint density at radius 3 is 1.50 bits per heavy atom. The van der Waals surface area contributed by atoms with Crippen molar-refractivity contribution in [3.63, 3.8) is 0 Å². The van der Waals surface area contributed by atoms with Crippen LogP contribution >= 0.6 is 0 Å². The maximum atomic E-state index is 2.24. The maximum absolute atomic E-state index is 2.24. The van der Waals surface area contributed by atoms with Crippen molar-refractivity contribution >= 4 is 0 Å². The third-order valence-corrected chi connectivity index (χ3v) is 1.55. The Morgan fingerprint density at radius 2 is 1.40 bits per heavy atom. The van der Waals surface area contributed by atoms with Crippen molar-refractivity contribution < 1.29 is 0 Å². The molecule has 0 aliphatic heterocycles. The SMILES string of the molecule is C/C=C\C(C)C(C)C.CC. The van der Waals surface area contributed by atoms with E-state index in [2.05, 4.69) is 39.8 Å². The minimum Gasteiger partial charge on any atom is -0.0914 e. The van der Waals surface area contributed by atoms with E-state index in [4.69, 9.17) is 0 Å². The summed E-state index contributed by atoms with van der Waals surface area (Å²) in [5.41, 5.74) is 0. The van der Waals surface area contributed by atoms with Crippen LogP contribution in [-0.2, 0) is 0 Å². The van der Waals surface area contributed by atoms with Gasteiger partial charge in [0.15, 0.2) is 0 Å². The van der Waals surface area contributed by atoms with Crippen LogP contribution in [0.2, 0.25) is 0 Å². The highest BCUT2D eigenvalue weighted by atomic mass is 14.0. The average molecular weight is 142 g/mol. The Kier molecular flexibility index (Phi) is 10.9. The van der Waals surface area contributed by atoms with Gasteiger partial charge in [0.05, 0.1) is 0 Å². The Bertz CT molecular complexity index is 70.1. The molecule has 0 aromatic carbocycles. The lowest BCUT2D eigenvalue weighted by atomic mass is 9.98. The molecule has 0 nitrogen and oxygen atoms in total. The molecule has 0 aliphatic rings. The molecule has 0 radical (unpaired) electrons. The monoisotopic (exact) mass is 142 g/mol. The molecule has 0 fully saturated rings. The quantitative estimate of drug-likeness (QED) is 0.513. The fourth-order valence-corrected chi connectivity index (χ4v) is 0.526. The fourth-order valence-electron chi connectivity index (χ4n) is 0.526. The summed E-state index contributed by atoms with van der Waals surface area (Å²) in [6.45, 7) is 12.8. The van der Waals surface area contributed by atoms with Gasteiger partial charge in [0.2, 0.25) is 0 Å². The zero-order chi connectivity index (χ0) is 8.57. The van der Waals surface area contributed by atoms with Crippen LogP contribution < -0.4 is 0 Å². The Balaban J connectivity index is 0. The van der Waals surface area contributed by atoms with Gasteiger partial charge in [-0.3, -0.25) is 0 Å². The third kappa shape index (κ3) is 7.74. The van der Waals surface area contributed by atoms with Crippen LogP contribution in [-0.4, -0.2) is 0 Å². The van der Waals surface area contributed by atoms with Crippen molar-refractivity contribution in [2.45, 2.75) is 41.5 Å². The number of allylic oxidation sites excluding steroid dienone is 2. The summed E-state index contributed by atoms with van der Waals surface area (Å²) >= 11 is 0. The van der Waals surface area contributed by atoms with Gasteiger partial charge in [0, 0.05) is 0 Å². The van der Waals surface area contributed by atoms with Gasteiger partial charge in [-0.05, 0) is 18.8 Å². The molecule has 0 N–H and O–H groups in total. The summed E-state index contributed by atoms with van der Waals surface area (Å²) in [5.74, 6) is 1.52. The molecule has 0 aromatic heterocycles. The summed E-state index contributed by atoms with van der Waals surface area (Å²) in [6.07, 6.45) is 4.36. The van der Waals surface area contributed by atoms with Crippen molar-refractivity contribution in [3.8, 4) is 0 Å². The second-order valence-electron chi connectivity index (χ2n) is 2.63. The first-order chi connectivity index (χ1) is 4.68. The molecule has 62 valence electrons. The molecule has 0 bridgehead atoms. The first-order valence-electron chi connectivity index (χ1n) is 4.31. The summed E-state index contributed by atoms with van der Waals surface area (Å²) in [5, 5.41) is 0. The van der Waals surface area contributed by atoms with Gasteiger partial charge in [-0.25, -0.2) is 0 Å². The molecule has 1 unspecified atom stereocenters. The van der Waals surface area contributed by atoms with Gasteiger partial charge in [-0.1, -0.05) is 46.8 Å². The van der Waals surface area contributed by atoms with Crippen molar-refractivity contribution in [1.82, 2.24) is 0 Å². The van der Waals surface area contributed by atoms with E-state index in [0.717, 1.165) is 11.8 Å². The first kappa shape index (κ1) is 12.4. The largest absolute Gasteiger partial charge is 0.0914 e. The van der Waals surface area contributed by atoms with Crippen LogP contribution in [0.1, 0.15) is 41.5 Å². The first-order valence-corrected chi connectivity index (χ1v) is 4.31. The van der Waals surface area contributed by atoms with Crippen molar-refractivity contribution in [3.05, 3.63) is 12.2 Å². The predicted molar refractivity (Wildman–Crippen MR) is 50.2 cm³/mol. The topological polar surface area (TPSA) is 0 Å². The van der Waals surface area contributed by atoms with Crippen LogP contribution in [0.3, 0.4) is 0 Å². The Morgan fingerprint density at radius 1 is 1.00 bits per heavy atom. The van der Waals surface area contributed by atoms with Crippen molar-refractivity contribution in [2.75, 3.05) is 0 Å². The smallest absolute Gasteiger partial charge is 0.0239 e. The number of rotatable bonds is 2. The minimum atomic E-state index is 0.736. The van der Waals surface area contributed by atoms with Gasteiger partial charge in [-0.2, -0.15) is 0 Å². The second kappa shape index (κ2) is 8.74. The van der Waals surface area contributed by atoms with Crippen LogP contribution in [0.15, 0.2) is 12.2 Å². The van der Waals surface area contributed by atoms with E-state index in [1.54, 1.807) is 0 Å². The summed E-state index contributed by atoms with van der Waals surface area (Å²) < 4.78 is 0. The molecule has 0 rings (SSSR count). The molecule has 1 atom stereocenters. The molecule has 0 aliphatic carbocycles. The van der Waals surface area contributed by atoms with Gasteiger partial charge >= 0.3 is 0 Å². The molecular weight excluding hydrogens is 120 g/mol. The predicted octanol–water partition coefficient (Wildman–Crippen LogP) is 3.88. The van der Waals surface area contributed by atoms with E-state index in [1.807, 2.05) is 13.8 Å². The van der Waals surface area contributed by atoms with E-state index in [9.17, 15) is 0 Å². The van der Waals surface area contributed by atoms with E-state index >= 15 is 0 Å². The van der Waals surface area contributed by atoms with Gasteiger partial charge in [0.25, 0.3) is 0 Å². The maximum Gasteiger partial charge on any atom is -0.0239 e.